The maximum absolute atomic E-state index is 4.74. The summed E-state index contributed by atoms with van der Waals surface area (Å²) in [5.41, 5.74) is 3.98. The van der Waals surface area contributed by atoms with E-state index in [0.29, 0.717) is 5.82 Å². The van der Waals surface area contributed by atoms with Crippen molar-refractivity contribution in [2.75, 3.05) is 16.8 Å². The Morgan fingerprint density at radius 3 is 2.79 bits per heavy atom. The Kier molecular flexibility index (Phi) is 4.60. The van der Waals surface area contributed by atoms with Crippen LogP contribution in [0.25, 0.3) is 11.4 Å². The minimum absolute atomic E-state index is 0. The third kappa shape index (κ3) is 2.79. The minimum Gasteiger partial charge on any atom is -0.491 e. The molecule has 1 aliphatic heterocycles. The van der Waals surface area contributed by atoms with Gasteiger partial charge in [-0.2, -0.15) is 37.0 Å². The number of aromatic nitrogens is 3. The van der Waals surface area contributed by atoms with Gasteiger partial charge in [0.1, 0.15) is 5.82 Å². The third-order valence-corrected chi connectivity index (χ3v) is 3.85. The molecule has 0 N–H and O–H groups in total. The number of rotatable bonds is 2. The Morgan fingerprint density at radius 1 is 1.17 bits per heavy atom. The van der Waals surface area contributed by atoms with Gasteiger partial charge in [0.15, 0.2) is 5.82 Å². The van der Waals surface area contributed by atoms with Crippen molar-refractivity contribution in [2.45, 2.75) is 6.92 Å². The topological polar surface area (TPSA) is 45.2 Å². The molecule has 0 fully saturated rings. The van der Waals surface area contributed by atoms with Gasteiger partial charge in [0.25, 0.3) is 0 Å². The predicted octanol–water partition coefficient (Wildman–Crippen LogP) is 3.35. The number of nitrogens with zero attached hydrogens (tertiary/aromatic N) is 5. The largest absolute Gasteiger partial charge is 0.491 e. The maximum atomic E-state index is 4.74. The van der Waals surface area contributed by atoms with Crippen molar-refractivity contribution < 1.29 is 20.1 Å². The van der Waals surface area contributed by atoms with Crippen molar-refractivity contribution >= 4 is 17.2 Å². The van der Waals surface area contributed by atoms with Crippen LogP contribution in [0.15, 0.2) is 48.9 Å². The normalized spacial score (nSPS) is 12.8. The van der Waals surface area contributed by atoms with E-state index in [4.69, 9.17) is 4.98 Å². The fourth-order valence-corrected chi connectivity index (χ4v) is 2.67. The summed E-state index contributed by atoms with van der Waals surface area (Å²) in [6, 6.07) is 13.0. The summed E-state index contributed by atoms with van der Waals surface area (Å²) in [7, 11) is 1.98. The molecule has 0 saturated heterocycles. The molecule has 0 unspecified atom stereocenters. The van der Waals surface area contributed by atoms with Crippen molar-refractivity contribution in [1.29, 1.82) is 0 Å². The number of hydrogen-bond donors (Lipinski definition) is 0. The average Bonchev–Trinajstić information content (AvgIpc) is 2.93. The van der Waals surface area contributed by atoms with Gasteiger partial charge >= 0.3 is 0 Å². The standard InChI is InChI=1S/C18H15N5.Ir/c1-13-10-19-9-8-15(13)17-20-11-16-18(21-17)22(2)12-23(16)14-6-4-3-5-7-14;/h3-6,8-12H,1-2H3;/q-2;. The first kappa shape index (κ1) is 16.6. The Bertz CT molecular complexity index is 853. The first-order chi connectivity index (χ1) is 11.2. The van der Waals surface area contributed by atoms with Crippen molar-refractivity contribution in [1.82, 2.24) is 15.0 Å². The summed E-state index contributed by atoms with van der Waals surface area (Å²) in [5.74, 6) is 1.59. The maximum Gasteiger partial charge on any atom is 0.161 e. The van der Waals surface area contributed by atoms with Gasteiger partial charge in [-0.25, -0.2) is 9.97 Å². The number of benzene rings is 1. The number of hydrogen-bond acceptors (Lipinski definition) is 5. The van der Waals surface area contributed by atoms with Crippen LogP contribution in [0.4, 0.5) is 17.2 Å². The molecule has 0 saturated carbocycles. The van der Waals surface area contributed by atoms with E-state index < -0.39 is 0 Å². The van der Waals surface area contributed by atoms with Crippen molar-refractivity contribution in [3.05, 3.63) is 67.2 Å². The fourth-order valence-electron chi connectivity index (χ4n) is 2.67. The summed E-state index contributed by atoms with van der Waals surface area (Å²) >= 11 is 0. The Labute approximate surface area is 154 Å². The van der Waals surface area contributed by atoms with Gasteiger partial charge < -0.3 is 9.80 Å². The van der Waals surface area contributed by atoms with Crippen LogP contribution in [0.3, 0.4) is 0 Å². The molecule has 3 heterocycles. The van der Waals surface area contributed by atoms with Crippen LogP contribution < -0.4 is 9.80 Å². The van der Waals surface area contributed by atoms with Crippen LogP contribution >= 0.6 is 0 Å². The van der Waals surface area contributed by atoms with Crippen molar-refractivity contribution in [3.8, 4) is 11.4 Å². The van der Waals surface area contributed by atoms with E-state index in [0.717, 1.165) is 28.3 Å². The molecule has 123 valence electrons. The SMILES string of the molecule is Cc1cnccc1-c1ncc2c(n1)N(C)[CH-]N2c1[c-]cccc1.[Ir]. The van der Waals surface area contributed by atoms with Crippen LogP contribution in [0.5, 0.6) is 0 Å². The van der Waals surface area contributed by atoms with Crippen LogP contribution in [0.2, 0.25) is 0 Å². The summed E-state index contributed by atoms with van der Waals surface area (Å²) in [6.07, 6.45) is 5.45. The summed E-state index contributed by atoms with van der Waals surface area (Å²) in [4.78, 5) is 17.5. The average molecular weight is 494 g/mol. The fraction of sp³-hybridized carbons (Fsp3) is 0.111. The molecule has 5 nitrogen and oxygen atoms in total. The molecular weight excluding hydrogens is 478 g/mol. The summed E-state index contributed by atoms with van der Waals surface area (Å²) in [5, 5.41) is 0. The van der Waals surface area contributed by atoms with Crippen LogP contribution in [0, 0.1) is 19.7 Å². The summed E-state index contributed by atoms with van der Waals surface area (Å²) in [6.45, 7) is 4.01. The zero-order chi connectivity index (χ0) is 15.8. The van der Waals surface area contributed by atoms with Crippen LogP contribution in [-0.2, 0) is 20.1 Å². The van der Waals surface area contributed by atoms with Gasteiger partial charge in [-0.1, -0.05) is 0 Å². The second-order valence-electron chi connectivity index (χ2n) is 5.44. The Morgan fingerprint density at radius 2 is 2.04 bits per heavy atom. The molecule has 1 radical (unpaired) electrons. The molecule has 0 atom stereocenters. The van der Waals surface area contributed by atoms with Gasteiger partial charge in [-0.15, -0.1) is 5.69 Å². The van der Waals surface area contributed by atoms with E-state index in [9.17, 15) is 0 Å². The monoisotopic (exact) mass is 494 g/mol. The predicted molar refractivity (Wildman–Crippen MR) is 90.1 cm³/mol. The Hall–Kier alpha value is -2.30. The first-order valence-electron chi connectivity index (χ1n) is 7.36. The van der Waals surface area contributed by atoms with E-state index in [1.807, 2.05) is 73.2 Å². The van der Waals surface area contributed by atoms with Gasteiger partial charge in [0.2, 0.25) is 0 Å². The molecule has 1 aromatic carbocycles. The van der Waals surface area contributed by atoms with E-state index in [2.05, 4.69) is 16.0 Å². The first-order valence-corrected chi connectivity index (χ1v) is 7.36. The smallest absolute Gasteiger partial charge is 0.161 e. The summed E-state index contributed by atoms with van der Waals surface area (Å²) < 4.78 is 0. The number of pyridine rings is 1. The molecule has 3 aromatic rings. The van der Waals surface area contributed by atoms with E-state index in [-0.39, 0.29) is 20.1 Å². The second-order valence-corrected chi connectivity index (χ2v) is 5.44. The molecule has 0 aliphatic carbocycles. The van der Waals surface area contributed by atoms with Crippen molar-refractivity contribution in [2.24, 2.45) is 0 Å². The van der Waals surface area contributed by atoms with Crippen molar-refractivity contribution in [3.63, 3.8) is 0 Å². The number of anilines is 3. The molecule has 24 heavy (non-hydrogen) atoms. The number of aryl methyl sites for hydroxylation is 1. The quantitative estimate of drug-likeness (QED) is 0.513. The number of para-hydroxylation sites is 1. The molecule has 6 heteroatoms. The zero-order valence-electron chi connectivity index (χ0n) is 13.3. The molecule has 4 rings (SSSR count). The van der Waals surface area contributed by atoms with Gasteiger partial charge in [0, 0.05) is 38.1 Å². The molecule has 0 spiro atoms. The van der Waals surface area contributed by atoms with Crippen LogP contribution in [-0.4, -0.2) is 22.0 Å². The molecule has 2 aromatic heterocycles. The Balaban J connectivity index is 0.00000169. The van der Waals surface area contributed by atoms with Gasteiger partial charge in [-0.3, -0.25) is 4.98 Å². The van der Waals surface area contributed by atoms with E-state index >= 15 is 0 Å². The number of fused-ring (bicyclic) bond motifs is 1. The van der Waals surface area contributed by atoms with Crippen LogP contribution in [0.1, 0.15) is 5.56 Å². The van der Waals surface area contributed by atoms with Gasteiger partial charge in [0.05, 0.1) is 11.9 Å². The van der Waals surface area contributed by atoms with E-state index in [1.54, 1.807) is 6.20 Å². The molecule has 0 amide bonds. The minimum atomic E-state index is 0. The molecule has 0 bridgehead atoms. The second kappa shape index (κ2) is 6.67. The van der Waals surface area contributed by atoms with E-state index in [1.165, 1.54) is 0 Å². The van der Waals surface area contributed by atoms with Gasteiger partial charge in [-0.05, 0) is 25.6 Å². The molecular formula is C18H15IrN5-2. The third-order valence-electron chi connectivity index (χ3n) is 3.85. The zero-order valence-corrected chi connectivity index (χ0v) is 15.7. The molecule has 1 aliphatic rings.